The number of hydrogen-bond acceptors (Lipinski definition) is 4. The Kier molecular flexibility index (Phi) is 3.54. The summed E-state index contributed by atoms with van der Waals surface area (Å²) in [4.78, 5) is 8.64. The maximum atomic E-state index is 8.90. The van der Waals surface area contributed by atoms with E-state index in [0.29, 0.717) is 17.9 Å². The molecule has 0 amide bonds. The molecule has 4 heteroatoms. The lowest BCUT2D eigenvalue weighted by Gasteiger charge is -2.08. The summed E-state index contributed by atoms with van der Waals surface area (Å²) in [5.74, 6) is 0.705. The molecular weight excluding hydrogens is 224 g/mol. The SMILES string of the molecule is Cc1cc(C#N)cc(NCc2ncccc2C)n1. The van der Waals surface area contributed by atoms with Crippen LogP contribution in [0.2, 0.25) is 0 Å². The molecule has 0 aliphatic rings. The molecule has 2 aromatic heterocycles. The summed E-state index contributed by atoms with van der Waals surface area (Å²) in [7, 11) is 0. The Morgan fingerprint density at radius 1 is 1.33 bits per heavy atom. The highest BCUT2D eigenvalue weighted by molar-refractivity contribution is 5.44. The van der Waals surface area contributed by atoms with E-state index in [0.717, 1.165) is 17.0 Å². The fourth-order valence-corrected chi connectivity index (χ4v) is 1.70. The van der Waals surface area contributed by atoms with Crippen molar-refractivity contribution in [2.45, 2.75) is 20.4 Å². The molecule has 2 rings (SSSR count). The first-order chi connectivity index (χ1) is 8.69. The quantitative estimate of drug-likeness (QED) is 0.892. The van der Waals surface area contributed by atoms with Crippen LogP contribution in [0.1, 0.15) is 22.5 Å². The Balaban J connectivity index is 2.14. The molecule has 90 valence electrons. The predicted octanol–water partition coefficient (Wildman–Crippen LogP) is 2.58. The first-order valence-corrected chi connectivity index (χ1v) is 5.72. The highest BCUT2D eigenvalue weighted by Gasteiger charge is 2.02. The van der Waals surface area contributed by atoms with E-state index in [2.05, 4.69) is 21.4 Å². The molecule has 4 nitrogen and oxygen atoms in total. The number of aryl methyl sites for hydroxylation is 2. The number of aromatic nitrogens is 2. The summed E-state index contributed by atoms with van der Waals surface area (Å²) in [6.07, 6.45) is 1.77. The molecule has 0 spiro atoms. The van der Waals surface area contributed by atoms with Crippen LogP contribution in [0.15, 0.2) is 30.5 Å². The molecule has 1 N–H and O–H groups in total. The molecule has 0 fully saturated rings. The number of nitrogens with zero attached hydrogens (tertiary/aromatic N) is 3. The van der Waals surface area contributed by atoms with Crippen LogP contribution in [-0.2, 0) is 6.54 Å². The van der Waals surface area contributed by atoms with Crippen LogP contribution in [0.25, 0.3) is 0 Å². The monoisotopic (exact) mass is 238 g/mol. The number of rotatable bonds is 3. The van der Waals surface area contributed by atoms with Crippen molar-refractivity contribution in [3.63, 3.8) is 0 Å². The van der Waals surface area contributed by atoms with E-state index >= 15 is 0 Å². The minimum atomic E-state index is 0.605. The lowest BCUT2D eigenvalue weighted by atomic mass is 10.2. The molecule has 18 heavy (non-hydrogen) atoms. The summed E-state index contributed by atoms with van der Waals surface area (Å²) >= 11 is 0. The van der Waals surface area contributed by atoms with Crippen molar-refractivity contribution in [3.05, 3.63) is 53.0 Å². The number of nitrogens with one attached hydrogen (secondary N) is 1. The van der Waals surface area contributed by atoms with E-state index < -0.39 is 0 Å². The molecule has 0 saturated carbocycles. The second kappa shape index (κ2) is 5.28. The van der Waals surface area contributed by atoms with E-state index in [1.165, 1.54) is 0 Å². The molecular formula is C14H14N4. The van der Waals surface area contributed by atoms with Gasteiger partial charge in [-0.2, -0.15) is 5.26 Å². The van der Waals surface area contributed by atoms with Gasteiger partial charge in [0.25, 0.3) is 0 Å². The number of nitriles is 1. The lowest BCUT2D eigenvalue weighted by Crippen LogP contribution is -2.05. The van der Waals surface area contributed by atoms with Gasteiger partial charge in [-0.3, -0.25) is 4.98 Å². The highest BCUT2D eigenvalue weighted by Crippen LogP contribution is 2.11. The van der Waals surface area contributed by atoms with Crippen LogP contribution in [0.5, 0.6) is 0 Å². The Bertz CT molecular complexity index is 599. The summed E-state index contributed by atoms with van der Waals surface area (Å²) in [5, 5.41) is 12.1. The third-order valence-corrected chi connectivity index (χ3v) is 2.64. The van der Waals surface area contributed by atoms with E-state index in [9.17, 15) is 0 Å². The van der Waals surface area contributed by atoms with Crippen molar-refractivity contribution in [1.29, 1.82) is 5.26 Å². The summed E-state index contributed by atoms with van der Waals surface area (Å²) < 4.78 is 0. The topological polar surface area (TPSA) is 61.6 Å². The highest BCUT2D eigenvalue weighted by atomic mass is 15.0. The molecule has 0 radical (unpaired) electrons. The zero-order valence-corrected chi connectivity index (χ0v) is 10.4. The minimum absolute atomic E-state index is 0.605. The van der Waals surface area contributed by atoms with E-state index in [1.54, 1.807) is 18.3 Å². The Hall–Kier alpha value is -2.41. The molecule has 0 saturated heterocycles. The molecule has 0 aliphatic carbocycles. The van der Waals surface area contributed by atoms with Gasteiger partial charge in [0.2, 0.25) is 0 Å². The van der Waals surface area contributed by atoms with Gasteiger partial charge >= 0.3 is 0 Å². The van der Waals surface area contributed by atoms with Crippen molar-refractivity contribution >= 4 is 5.82 Å². The molecule has 2 heterocycles. The molecule has 2 aromatic rings. The fraction of sp³-hybridized carbons (Fsp3) is 0.214. The van der Waals surface area contributed by atoms with E-state index in [1.807, 2.05) is 26.0 Å². The van der Waals surface area contributed by atoms with Crippen molar-refractivity contribution < 1.29 is 0 Å². The van der Waals surface area contributed by atoms with Gasteiger partial charge < -0.3 is 5.32 Å². The van der Waals surface area contributed by atoms with Gasteiger partial charge in [-0.25, -0.2) is 4.98 Å². The van der Waals surface area contributed by atoms with E-state index in [4.69, 9.17) is 5.26 Å². The number of hydrogen-bond donors (Lipinski definition) is 1. The average Bonchev–Trinajstić information content (AvgIpc) is 2.37. The van der Waals surface area contributed by atoms with Gasteiger partial charge in [-0.05, 0) is 37.6 Å². The van der Waals surface area contributed by atoms with Crippen LogP contribution in [-0.4, -0.2) is 9.97 Å². The molecule has 0 atom stereocenters. The van der Waals surface area contributed by atoms with E-state index in [-0.39, 0.29) is 0 Å². The first kappa shape index (κ1) is 12.1. The Labute approximate surface area is 106 Å². The molecule has 0 unspecified atom stereocenters. The lowest BCUT2D eigenvalue weighted by molar-refractivity contribution is 1.000. The number of pyridine rings is 2. The number of anilines is 1. The van der Waals surface area contributed by atoms with Gasteiger partial charge in [0, 0.05) is 11.9 Å². The summed E-state index contributed by atoms with van der Waals surface area (Å²) in [6.45, 7) is 4.50. The normalized spacial score (nSPS) is 9.83. The fourth-order valence-electron chi connectivity index (χ4n) is 1.70. The average molecular weight is 238 g/mol. The third kappa shape index (κ3) is 2.83. The smallest absolute Gasteiger partial charge is 0.127 e. The van der Waals surface area contributed by atoms with Crippen LogP contribution in [0.3, 0.4) is 0 Å². The predicted molar refractivity (Wildman–Crippen MR) is 70.0 cm³/mol. The van der Waals surface area contributed by atoms with Crippen molar-refractivity contribution in [3.8, 4) is 6.07 Å². The minimum Gasteiger partial charge on any atom is -0.364 e. The molecule has 0 aliphatic heterocycles. The van der Waals surface area contributed by atoms with Crippen LogP contribution < -0.4 is 5.32 Å². The van der Waals surface area contributed by atoms with Gasteiger partial charge in [-0.1, -0.05) is 6.07 Å². The second-order valence-corrected chi connectivity index (χ2v) is 4.11. The zero-order valence-electron chi connectivity index (χ0n) is 10.4. The summed E-state index contributed by atoms with van der Waals surface area (Å²) in [5.41, 5.74) is 3.56. The maximum absolute atomic E-state index is 8.90. The standard InChI is InChI=1S/C14H14N4/c1-10-4-3-5-16-13(10)9-17-14-7-12(8-15)6-11(2)18-14/h3-7H,9H2,1-2H3,(H,17,18). The zero-order chi connectivity index (χ0) is 13.0. The molecule has 0 aromatic carbocycles. The van der Waals surface area contributed by atoms with Gasteiger partial charge in [0.15, 0.2) is 0 Å². The Morgan fingerprint density at radius 3 is 2.89 bits per heavy atom. The van der Waals surface area contributed by atoms with Gasteiger partial charge in [0.05, 0.1) is 23.9 Å². The Morgan fingerprint density at radius 2 is 2.17 bits per heavy atom. The maximum Gasteiger partial charge on any atom is 0.127 e. The van der Waals surface area contributed by atoms with Gasteiger partial charge in [0.1, 0.15) is 5.82 Å². The van der Waals surface area contributed by atoms with Crippen molar-refractivity contribution in [2.75, 3.05) is 5.32 Å². The second-order valence-electron chi connectivity index (χ2n) is 4.11. The van der Waals surface area contributed by atoms with Crippen molar-refractivity contribution in [2.24, 2.45) is 0 Å². The first-order valence-electron chi connectivity index (χ1n) is 5.72. The third-order valence-electron chi connectivity index (χ3n) is 2.64. The van der Waals surface area contributed by atoms with Crippen molar-refractivity contribution in [1.82, 2.24) is 9.97 Å². The summed E-state index contributed by atoms with van der Waals surface area (Å²) in [6, 6.07) is 9.56. The van der Waals surface area contributed by atoms with Crippen LogP contribution in [0, 0.1) is 25.2 Å². The van der Waals surface area contributed by atoms with Crippen LogP contribution in [0.4, 0.5) is 5.82 Å². The van der Waals surface area contributed by atoms with Gasteiger partial charge in [-0.15, -0.1) is 0 Å². The van der Waals surface area contributed by atoms with Crippen LogP contribution >= 0.6 is 0 Å². The largest absolute Gasteiger partial charge is 0.364 e. The molecule has 0 bridgehead atoms.